The molecule has 0 unspecified atom stereocenters. The van der Waals surface area contributed by atoms with E-state index in [9.17, 15) is 0 Å². The summed E-state index contributed by atoms with van der Waals surface area (Å²) >= 11 is 0. The maximum atomic E-state index is 8.67. The molecule has 0 spiro atoms. The largest absolute Gasteiger partial charge is 0.491 e. The van der Waals surface area contributed by atoms with Crippen LogP contribution in [0, 0.1) is 6.92 Å². The van der Waals surface area contributed by atoms with Gasteiger partial charge in [-0.1, -0.05) is 0 Å². The monoisotopic (exact) mass is 221 g/mol. The van der Waals surface area contributed by atoms with Gasteiger partial charge in [-0.3, -0.25) is 0 Å². The molecule has 1 aromatic rings. The fourth-order valence-corrected chi connectivity index (χ4v) is 1.82. The van der Waals surface area contributed by atoms with Crippen molar-refractivity contribution in [3.05, 3.63) is 23.8 Å². The molecule has 0 heterocycles. The zero-order valence-electron chi connectivity index (χ0n) is 9.70. The molecule has 2 rings (SSSR count). The van der Waals surface area contributed by atoms with E-state index in [1.54, 1.807) is 0 Å². The Morgan fingerprint density at radius 2 is 2.25 bits per heavy atom. The first-order valence-electron chi connectivity index (χ1n) is 5.90. The lowest BCUT2D eigenvalue weighted by atomic mass is 9.92. The third-order valence-corrected chi connectivity index (χ3v) is 3.02. The lowest BCUT2D eigenvalue weighted by Crippen LogP contribution is -2.27. The summed E-state index contributed by atoms with van der Waals surface area (Å²) in [6.07, 6.45) is 3.90. The van der Waals surface area contributed by atoms with E-state index in [0.29, 0.717) is 12.6 Å². The van der Waals surface area contributed by atoms with E-state index < -0.39 is 0 Å². The number of benzene rings is 1. The predicted octanol–water partition coefficient (Wildman–Crippen LogP) is 2.33. The summed E-state index contributed by atoms with van der Waals surface area (Å²) in [6.45, 7) is 2.49. The molecule has 0 radical (unpaired) electrons. The average molecular weight is 221 g/mol. The van der Waals surface area contributed by atoms with Crippen molar-refractivity contribution in [1.82, 2.24) is 0 Å². The van der Waals surface area contributed by atoms with Crippen LogP contribution in [-0.4, -0.2) is 24.4 Å². The van der Waals surface area contributed by atoms with Gasteiger partial charge in [0.15, 0.2) is 0 Å². The number of hydrogen-bond acceptors (Lipinski definition) is 3. The minimum absolute atomic E-state index is 0.0567. The minimum atomic E-state index is 0.0567. The molecule has 3 nitrogen and oxygen atoms in total. The van der Waals surface area contributed by atoms with E-state index in [1.165, 1.54) is 30.5 Å². The fourth-order valence-electron chi connectivity index (χ4n) is 1.82. The Labute approximate surface area is 96.4 Å². The van der Waals surface area contributed by atoms with Crippen molar-refractivity contribution in [3.8, 4) is 5.75 Å². The average Bonchev–Trinajstić information content (AvgIpc) is 2.22. The number of aliphatic hydroxyl groups excluding tert-OH is 1. The van der Waals surface area contributed by atoms with Gasteiger partial charge in [-0.25, -0.2) is 0 Å². The molecule has 0 amide bonds. The van der Waals surface area contributed by atoms with Crippen LogP contribution in [0.3, 0.4) is 0 Å². The van der Waals surface area contributed by atoms with Gasteiger partial charge >= 0.3 is 0 Å². The van der Waals surface area contributed by atoms with Gasteiger partial charge in [0, 0.05) is 11.7 Å². The van der Waals surface area contributed by atoms with Crippen LogP contribution in [0.2, 0.25) is 0 Å². The SMILES string of the molecule is Cc1cc(OCCO)ccc1NC1CCC1. The van der Waals surface area contributed by atoms with Crippen LogP contribution >= 0.6 is 0 Å². The minimum Gasteiger partial charge on any atom is -0.491 e. The first-order valence-corrected chi connectivity index (χ1v) is 5.90. The second-order valence-electron chi connectivity index (χ2n) is 4.32. The number of aliphatic hydroxyl groups is 1. The molecule has 1 aromatic carbocycles. The zero-order valence-corrected chi connectivity index (χ0v) is 9.70. The molecule has 88 valence electrons. The number of rotatable bonds is 5. The molecule has 1 aliphatic rings. The molecule has 2 N–H and O–H groups in total. The van der Waals surface area contributed by atoms with Crippen LogP contribution in [0.5, 0.6) is 5.75 Å². The van der Waals surface area contributed by atoms with E-state index in [1.807, 2.05) is 12.1 Å². The molecule has 1 fully saturated rings. The van der Waals surface area contributed by atoms with E-state index in [2.05, 4.69) is 18.3 Å². The summed E-state index contributed by atoms with van der Waals surface area (Å²) in [5, 5.41) is 12.2. The first-order chi connectivity index (χ1) is 7.79. The van der Waals surface area contributed by atoms with Crippen LogP contribution in [0.1, 0.15) is 24.8 Å². The van der Waals surface area contributed by atoms with Crippen molar-refractivity contribution in [2.75, 3.05) is 18.5 Å². The number of anilines is 1. The Balaban J connectivity index is 1.97. The Hall–Kier alpha value is -1.22. The Morgan fingerprint density at radius 3 is 2.81 bits per heavy atom. The Morgan fingerprint density at radius 1 is 1.44 bits per heavy atom. The maximum absolute atomic E-state index is 8.67. The van der Waals surface area contributed by atoms with E-state index >= 15 is 0 Å². The van der Waals surface area contributed by atoms with E-state index in [4.69, 9.17) is 9.84 Å². The lowest BCUT2D eigenvalue weighted by molar-refractivity contribution is 0.201. The highest BCUT2D eigenvalue weighted by Gasteiger charge is 2.17. The van der Waals surface area contributed by atoms with Crippen LogP contribution in [0.15, 0.2) is 18.2 Å². The Bertz CT molecular complexity index is 348. The van der Waals surface area contributed by atoms with Gasteiger partial charge in [-0.05, 0) is 49.9 Å². The molecule has 16 heavy (non-hydrogen) atoms. The summed E-state index contributed by atoms with van der Waals surface area (Å²) in [7, 11) is 0. The second-order valence-corrected chi connectivity index (χ2v) is 4.32. The van der Waals surface area contributed by atoms with Gasteiger partial charge in [0.2, 0.25) is 0 Å². The smallest absolute Gasteiger partial charge is 0.119 e. The quantitative estimate of drug-likeness (QED) is 0.801. The van der Waals surface area contributed by atoms with Crippen LogP contribution < -0.4 is 10.1 Å². The summed E-state index contributed by atoms with van der Waals surface area (Å²) in [6, 6.07) is 6.67. The van der Waals surface area contributed by atoms with Gasteiger partial charge in [-0.15, -0.1) is 0 Å². The highest BCUT2D eigenvalue weighted by molar-refractivity contribution is 5.54. The predicted molar refractivity (Wildman–Crippen MR) is 65.0 cm³/mol. The number of ether oxygens (including phenoxy) is 1. The highest BCUT2D eigenvalue weighted by atomic mass is 16.5. The third-order valence-electron chi connectivity index (χ3n) is 3.02. The molecule has 1 saturated carbocycles. The lowest BCUT2D eigenvalue weighted by Gasteiger charge is -2.28. The van der Waals surface area contributed by atoms with Crippen molar-refractivity contribution in [3.63, 3.8) is 0 Å². The van der Waals surface area contributed by atoms with Crippen LogP contribution in [-0.2, 0) is 0 Å². The second kappa shape index (κ2) is 5.21. The maximum Gasteiger partial charge on any atom is 0.119 e. The molecule has 3 heteroatoms. The van der Waals surface area contributed by atoms with Crippen LogP contribution in [0.4, 0.5) is 5.69 Å². The first kappa shape index (κ1) is 11.3. The molecule has 0 bridgehead atoms. The van der Waals surface area contributed by atoms with Gasteiger partial charge < -0.3 is 15.2 Å². The molecular weight excluding hydrogens is 202 g/mol. The highest BCUT2D eigenvalue weighted by Crippen LogP contribution is 2.27. The van der Waals surface area contributed by atoms with Crippen molar-refractivity contribution < 1.29 is 9.84 Å². The van der Waals surface area contributed by atoms with Gasteiger partial charge in [-0.2, -0.15) is 0 Å². The van der Waals surface area contributed by atoms with E-state index in [0.717, 1.165) is 5.75 Å². The van der Waals surface area contributed by atoms with Crippen molar-refractivity contribution >= 4 is 5.69 Å². The van der Waals surface area contributed by atoms with E-state index in [-0.39, 0.29) is 6.61 Å². The van der Waals surface area contributed by atoms with Gasteiger partial charge in [0.1, 0.15) is 12.4 Å². The molecular formula is C13H19NO2. The number of hydrogen-bond donors (Lipinski definition) is 2. The summed E-state index contributed by atoms with van der Waals surface area (Å²) in [5.41, 5.74) is 2.39. The fraction of sp³-hybridized carbons (Fsp3) is 0.538. The topological polar surface area (TPSA) is 41.5 Å². The number of nitrogens with one attached hydrogen (secondary N) is 1. The molecule has 0 atom stereocenters. The van der Waals surface area contributed by atoms with Crippen LogP contribution in [0.25, 0.3) is 0 Å². The zero-order chi connectivity index (χ0) is 11.4. The van der Waals surface area contributed by atoms with Crippen molar-refractivity contribution in [2.24, 2.45) is 0 Å². The summed E-state index contributed by atoms with van der Waals surface area (Å²) in [5.74, 6) is 0.825. The van der Waals surface area contributed by atoms with Gasteiger partial charge in [0.25, 0.3) is 0 Å². The molecule has 0 saturated heterocycles. The normalized spacial score (nSPS) is 15.6. The summed E-state index contributed by atoms with van der Waals surface area (Å²) < 4.78 is 5.36. The summed E-state index contributed by atoms with van der Waals surface area (Å²) in [4.78, 5) is 0. The molecule has 0 aromatic heterocycles. The molecule has 1 aliphatic carbocycles. The van der Waals surface area contributed by atoms with Gasteiger partial charge in [0.05, 0.1) is 6.61 Å². The molecule has 0 aliphatic heterocycles. The standard InChI is InChI=1S/C13H19NO2/c1-10-9-12(16-8-7-15)5-6-13(10)14-11-3-2-4-11/h5-6,9,11,14-15H,2-4,7-8H2,1H3. The number of aryl methyl sites for hydroxylation is 1. The van der Waals surface area contributed by atoms with Crippen molar-refractivity contribution in [1.29, 1.82) is 0 Å². The Kier molecular flexibility index (Phi) is 3.67. The van der Waals surface area contributed by atoms with Crippen molar-refractivity contribution in [2.45, 2.75) is 32.2 Å². The third kappa shape index (κ3) is 2.67.